The number of hydrogen-bond donors (Lipinski definition) is 1. The second-order valence-corrected chi connectivity index (χ2v) is 4.85. The lowest BCUT2D eigenvalue weighted by molar-refractivity contribution is 0.282. The highest BCUT2D eigenvalue weighted by atomic mass is 16.3. The summed E-state index contributed by atoms with van der Waals surface area (Å²) >= 11 is 0. The van der Waals surface area contributed by atoms with Crippen LogP contribution in [-0.2, 0) is 6.61 Å². The first-order chi connectivity index (χ1) is 9.29. The normalized spacial score (nSPS) is 16.9. The minimum absolute atomic E-state index is 0.102. The van der Waals surface area contributed by atoms with Crippen LogP contribution in [0.15, 0.2) is 66.8 Å². The molecule has 0 aromatic heterocycles. The van der Waals surface area contributed by atoms with Crippen LogP contribution in [0, 0.1) is 11.8 Å². The van der Waals surface area contributed by atoms with Crippen molar-refractivity contribution in [1.82, 2.24) is 0 Å². The van der Waals surface area contributed by atoms with Gasteiger partial charge in [-0.3, -0.25) is 0 Å². The van der Waals surface area contributed by atoms with Gasteiger partial charge in [0.25, 0.3) is 0 Å². The van der Waals surface area contributed by atoms with Crippen molar-refractivity contribution < 1.29 is 5.11 Å². The predicted molar refractivity (Wildman–Crippen MR) is 81.5 cm³/mol. The second-order valence-electron chi connectivity index (χ2n) is 4.85. The van der Waals surface area contributed by atoms with E-state index in [-0.39, 0.29) is 6.61 Å². The molecule has 1 aliphatic rings. The van der Waals surface area contributed by atoms with Crippen molar-refractivity contribution in [3.05, 3.63) is 77.9 Å². The number of allylic oxidation sites excluding steroid dienone is 7. The average Bonchev–Trinajstić information content (AvgIpc) is 2.74. The molecule has 1 unspecified atom stereocenters. The second kappa shape index (κ2) is 6.91. The van der Waals surface area contributed by atoms with Crippen LogP contribution in [-0.4, -0.2) is 5.11 Å². The third-order valence-electron chi connectivity index (χ3n) is 3.36. The molecule has 1 heteroatoms. The van der Waals surface area contributed by atoms with Crippen molar-refractivity contribution in [2.45, 2.75) is 13.5 Å². The molecule has 1 aliphatic carbocycles. The Morgan fingerprint density at radius 2 is 1.68 bits per heavy atom. The van der Waals surface area contributed by atoms with Gasteiger partial charge in [-0.2, -0.15) is 0 Å². The summed E-state index contributed by atoms with van der Waals surface area (Å²) < 4.78 is 0. The van der Waals surface area contributed by atoms with Crippen LogP contribution in [0.4, 0.5) is 0 Å². The minimum Gasteiger partial charge on any atom is -0.392 e. The molecule has 0 spiro atoms. The number of benzene rings is 1. The van der Waals surface area contributed by atoms with Crippen LogP contribution in [0.5, 0.6) is 0 Å². The van der Waals surface area contributed by atoms with Gasteiger partial charge >= 0.3 is 0 Å². The molecule has 19 heavy (non-hydrogen) atoms. The summed E-state index contributed by atoms with van der Waals surface area (Å²) in [6.07, 6.45) is 17.1. The van der Waals surface area contributed by atoms with Crippen LogP contribution < -0.4 is 0 Å². The van der Waals surface area contributed by atoms with Gasteiger partial charge in [0.1, 0.15) is 0 Å². The van der Waals surface area contributed by atoms with E-state index in [4.69, 9.17) is 5.11 Å². The number of aliphatic hydroxyl groups excluding tert-OH is 1. The molecule has 1 aromatic carbocycles. The van der Waals surface area contributed by atoms with Crippen molar-refractivity contribution in [3.63, 3.8) is 0 Å². The molecule has 0 saturated carbocycles. The maximum atomic E-state index is 9.00. The van der Waals surface area contributed by atoms with E-state index in [1.807, 2.05) is 24.3 Å². The van der Waals surface area contributed by atoms with Gasteiger partial charge in [0.05, 0.1) is 6.61 Å². The van der Waals surface area contributed by atoms with Crippen molar-refractivity contribution in [1.29, 1.82) is 0 Å². The van der Waals surface area contributed by atoms with E-state index in [1.54, 1.807) is 0 Å². The van der Waals surface area contributed by atoms with Gasteiger partial charge in [0, 0.05) is 5.92 Å². The maximum absolute atomic E-state index is 9.00. The molecule has 2 rings (SSSR count). The van der Waals surface area contributed by atoms with E-state index < -0.39 is 0 Å². The third-order valence-corrected chi connectivity index (χ3v) is 3.36. The summed E-state index contributed by atoms with van der Waals surface area (Å²) in [5, 5.41) is 9.00. The van der Waals surface area contributed by atoms with Gasteiger partial charge in [-0.05, 0) is 17.0 Å². The summed E-state index contributed by atoms with van der Waals surface area (Å²) in [6, 6.07) is 7.99. The van der Waals surface area contributed by atoms with E-state index >= 15 is 0 Å². The fraction of sp³-hybridized carbons (Fsp3) is 0.222. The molecule has 0 amide bonds. The van der Waals surface area contributed by atoms with E-state index in [1.165, 1.54) is 5.56 Å². The van der Waals surface area contributed by atoms with E-state index in [9.17, 15) is 0 Å². The Balaban J connectivity index is 2.00. The minimum atomic E-state index is 0.102. The van der Waals surface area contributed by atoms with E-state index in [0.717, 1.165) is 5.56 Å². The zero-order valence-corrected chi connectivity index (χ0v) is 11.2. The van der Waals surface area contributed by atoms with Gasteiger partial charge in [0.2, 0.25) is 0 Å². The number of rotatable bonds is 4. The molecule has 1 aromatic rings. The molecular formula is C18H20O. The van der Waals surface area contributed by atoms with Crippen LogP contribution in [0.2, 0.25) is 0 Å². The van der Waals surface area contributed by atoms with Crippen molar-refractivity contribution >= 4 is 6.08 Å². The molecule has 0 fully saturated rings. The Hall–Kier alpha value is -1.86. The van der Waals surface area contributed by atoms with Crippen molar-refractivity contribution in [2.24, 2.45) is 11.8 Å². The quantitative estimate of drug-likeness (QED) is 0.854. The molecule has 1 atom stereocenters. The highest BCUT2D eigenvalue weighted by Gasteiger charge is 2.08. The molecule has 0 bridgehead atoms. The molecule has 98 valence electrons. The zero-order chi connectivity index (χ0) is 13.5. The topological polar surface area (TPSA) is 20.2 Å². The summed E-state index contributed by atoms with van der Waals surface area (Å²) in [5.41, 5.74) is 2.12. The lowest BCUT2D eigenvalue weighted by atomic mass is 9.92. The fourth-order valence-electron chi connectivity index (χ4n) is 2.05. The monoisotopic (exact) mass is 252 g/mol. The molecule has 0 radical (unpaired) electrons. The predicted octanol–water partition coefficient (Wildman–Crippen LogP) is 4.13. The third kappa shape index (κ3) is 4.08. The first kappa shape index (κ1) is 13.6. The maximum Gasteiger partial charge on any atom is 0.0681 e. The smallest absolute Gasteiger partial charge is 0.0681 e. The van der Waals surface area contributed by atoms with Crippen LogP contribution in [0.3, 0.4) is 0 Å². The summed E-state index contributed by atoms with van der Waals surface area (Å²) in [7, 11) is 0. The lowest BCUT2D eigenvalue weighted by Crippen LogP contribution is -2.02. The molecule has 0 saturated heterocycles. The standard InChI is InChI=1S/C18H20O/c1-15(18-6-4-2-3-5-7-18)8-9-16-10-12-17(14-19)13-11-16/h2-13,15,18-19H,14H2,1H3/b9-8+. The Labute approximate surface area is 115 Å². The Morgan fingerprint density at radius 3 is 2.26 bits per heavy atom. The Morgan fingerprint density at radius 1 is 1.05 bits per heavy atom. The van der Waals surface area contributed by atoms with Gasteiger partial charge in [-0.25, -0.2) is 0 Å². The zero-order valence-electron chi connectivity index (χ0n) is 11.2. The molecule has 1 nitrogen and oxygen atoms in total. The summed E-state index contributed by atoms with van der Waals surface area (Å²) in [5.74, 6) is 0.910. The van der Waals surface area contributed by atoms with Crippen molar-refractivity contribution in [2.75, 3.05) is 0 Å². The SMILES string of the molecule is CC(/C=C/c1ccc(CO)cc1)C1C=CC=CC=C1. The Kier molecular flexibility index (Phi) is 4.93. The first-order valence-electron chi connectivity index (χ1n) is 6.69. The average molecular weight is 252 g/mol. The Bertz CT molecular complexity index is 487. The summed E-state index contributed by atoms with van der Waals surface area (Å²) in [6.45, 7) is 2.33. The van der Waals surface area contributed by atoms with E-state index in [2.05, 4.69) is 55.5 Å². The fourth-order valence-corrected chi connectivity index (χ4v) is 2.05. The lowest BCUT2D eigenvalue weighted by Gasteiger charge is -2.12. The molecular weight excluding hydrogens is 232 g/mol. The van der Waals surface area contributed by atoms with Gasteiger partial charge < -0.3 is 5.11 Å². The van der Waals surface area contributed by atoms with Crippen LogP contribution >= 0.6 is 0 Å². The van der Waals surface area contributed by atoms with Gasteiger partial charge in [-0.15, -0.1) is 0 Å². The van der Waals surface area contributed by atoms with Gasteiger partial charge in [0.15, 0.2) is 0 Å². The van der Waals surface area contributed by atoms with Gasteiger partial charge in [-0.1, -0.05) is 79.8 Å². The molecule has 0 heterocycles. The van der Waals surface area contributed by atoms with Crippen molar-refractivity contribution in [3.8, 4) is 0 Å². The number of aliphatic hydroxyl groups is 1. The molecule has 1 N–H and O–H groups in total. The van der Waals surface area contributed by atoms with Crippen LogP contribution in [0.25, 0.3) is 6.08 Å². The largest absolute Gasteiger partial charge is 0.392 e. The van der Waals surface area contributed by atoms with E-state index in [0.29, 0.717) is 11.8 Å². The summed E-state index contributed by atoms with van der Waals surface area (Å²) in [4.78, 5) is 0. The number of hydrogen-bond acceptors (Lipinski definition) is 1. The first-order valence-corrected chi connectivity index (χ1v) is 6.69. The van der Waals surface area contributed by atoms with Crippen LogP contribution in [0.1, 0.15) is 18.1 Å². The highest BCUT2D eigenvalue weighted by Crippen LogP contribution is 2.19. The molecule has 0 aliphatic heterocycles. The highest BCUT2D eigenvalue weighted by molar-refractivity contribution is 5.50.